The fourth-order valence-corrected chi connectivity index (χ4v) is 3.87. The van der Waals surface area contributed by atoms with Crippen molar-refractivity contribution in [2.75, 3.05) is 0 Å². The Morgan fingerprint density at radius 1 is 1.32 bits per heavy atom. The SMILES string of the molecule is Cn1c(-c2sccc2/C=C/CCc2ccccc2Cl)nc(C(=O)O)c(O)c1=O. The summed E-state index contributed by atoms with van der Waals surface area (Å²) in [6, 6.07) is 9.54. The van der Waals surface area contributed by atoms with Gasteiger partial charge in [0.2, 0.25) is 5.75 Å². The van der Waals surface area contributed by atoms with Gasteiger partial charge in [-0.25, -0.2) is 9.78 Å². The summed E-state index contributed by atoms with van der Waals surface area (Å²) in [5.41, 5.74) is 0.423. The van der Waals surface area contributed by atoms with E-state index in [9.17, 15) is 19.8 Å². The van der Waals surface area contributed by atoms with E-state index < -0.39 is 23.0 Å². The number of thiophene rings is 1. The maximum absolute atomic E-state index is 12.2. The number of allylic oxidation sites excluding steroid dienone is 1. The molecule has 144 valence electrons. The standard InChI is InChI=1S/C20H17ClN2O4S/c1-23-18(22-15(20(26)27)16(24)19(23)25)17-13(10-11-28-17)8-3-2-6-12-7-4-5-9-14(12)21/h3-5,7-11,24H,2,6H2,1H3,(H,26,27)/b8-3+. The van der Waals surface area contributed by atoms with Crippen molar-refractivity contribution in [2.45, 2.75) is 12.8 Å². The van der Waals surface area contributed by atoms with Crippen molar-refractivity contribution in [3.63, 3.8) is 0 Å². The number of aromatic nitrogens is 2. The van der Waals surface area contributed by atoms with Crippen molar-refractivity contribution in [3.05, 3.63) is 74.0 Å². The van der Waals surface area contributed by atoms with Crippen LogP contribution in [0.25, 0.3) is 16.8 Å². The Morgan fingerprint density at radius 3 is 2.79 bits per heavy atom. The number of aromatic hydroxyl groups is 1. The van der Waals surface area contributed by atoms with Crippen LogP contribution in [0.15, 0.2) is 46.6 Å². The Morgan fingerprint density at radius 2 is 2.07 bits per heavy atom. The van der Waals surface area contributed by atoms with Crippen LogP contribution in [0.4, 0.5) is 0 Å². The monoisotopic (exact) mass is 416 g/mol. The number of benzene rings is 1. The minimum Gasteiger partial charge on any atom is -0.501 e. The number of carboxylic acid groups (broad SMARTS) is 1. The Bertz CT molecular complexity index is 1120. The predicted molar refractivity (Wildman–Crippen MR) is 110 cm³/mol. The largest absolute Gasteiger partial charge is 0.501 e. The molecule has 6 nitrogen and oxygen atoms in total. The smallest absolute Gasteiger partial charge is 0.358 e. The van der Waals surface area contributed by atoms with Crippen LogP contribution in [0, 0.1) is 0 Å². The van der Waals surface area contributed by atoms with Crippen molar-refractivity contribution in [1.29, 1.82) is 0 Å². The summed E-state index contributed by atoms with van der Waals surface area (Å²) in [6.45, 7) is 0. The van der Waals surface area contributed by atoms with Gasteiger partial charge in [0.25, 0.3) is 5.56 Å². The van der Waals surface area contributed by atoms with Crippen LogP contribution >= 0.6 is 22.9 Å². The van der Waals surface area contributed by atoms with Gasteiger partial charge in [0, 0.05) is 12.1 Å². The maximum atomic E-state index is 12.2. The average molecular weight is 417 g/mol. The molecule has 0 saturated heterocycles. The fourth-order valence-electron chi connectivity index (χ4n) is 2.72. The molecule has 0 atom stereocenters. The van der Waals surface area contributed by atoms with Crippen LogP contribution in [-0.4, -0.2) is 25.7 Å². The molecule has 0 fully saturated rings. The summed E-state index contributed by atoms with van der Waals surface area (Å²) in [4.78, 5) is 28.1. The summed E-state index contributed by atoms with van der Waals surface area (Å²) in [5, 5.41) is 21.5. The second kappa shape index (κ2) is 8.41. The van der Waals surface area contributed by atoms with E-state index in [0.717, 1.165) is 33.6 Å². The van der Waals surface area contributed by atoms with E-state index in [2.05, 4.69) is 4.98 Å². The molecule has 0 aliphatic carbocycles. The summed E-state index contributed by atoms with van der Waals surface area (Å²) in [7, 11) is 1.45. The number of nitrogens with zero attached hydrogens (tertiary/aromatic N) is 2. The molecule has 0 spiro atoms. The third-order valence-corrected chi connectivity index (χ3v) is 5.50. The highest BCUT2D eigenvalue weighted by molar-refractivity contribution is 7.13. The highest BCUT2D eigenvalue weighted by Crippen LogP contribution is 2.30. The van der Waals surface area contributed by atoms with Crippen LogP contribution in [0.5, 0.6) is 5.75 Å². The molecule has 0 aliphatic rings. The van der Waals surface area contributed by atoms with Gasteiger partial charge in [-0.3, -0.25) is 9.36 Å². The average Bonchev–Trinajstić information content (AvgIpc) is 3.13. The third kappa shape index (κ3) is 4.00. The van der Waals surface area contributed by atoms with Crippen molar-refractivity contribution < 1.29 is 15.0 Å². The lowest BCUT2D eigenvalue weighted by Gasteiger charge is -2.09. The quantitative estimate of drug-likeness (QED) is 0.627. The van der Waals surface area contributed by atoms with E-state index in [1.807, 2.05) is 47.9 Å². The van der Waals surface area contributed by atoms with Gasteiger partial charge in [-0.1, -0.05) is 42.0 Å². The molecule has 0 unspecified atom stereocenters. The highest BCUT2D eigenvalue weighted by Gasteiger charge is 2.21. The van der Waals surface area contributed by atoms with Gasteiger partial charge in [0.15, 0.2) is 11.5 Å². The highest BCUT2D eigenvalue weighted by atomic mass is 35.5. The topological polar surface area (TPSA) is 92.4 Å². The second-order valence-corrected chi connectivity index (χ2v) is 7.36. The molecule has 0 aliphatic heterocycles. The molecular weight excluding hydrogens is 400 g/mol. The number of carbonyl (C=O) groups is 1. The maximum Gasteiger partial charge on any atom is 0.358 e. The number of halogens is 1. The lowest BCUT2D eigenvalue weighted by atomic mass is 10.1. The number of hydrogen-bond acceptors (Lipinski definition) is 5. The Labute approximate surface area is 170 Å². The zero-order valence-corrected chi connectivity index (χ0v) is 16.5. The van der Waals surface area contributed by atoms with Gasteiger partial charge in [-0.2, -0.15) is 0 Å². The molecule has 3 rings (SSSR count). The van der Waals surface area contributed by atoms with Crippen LogP contribution in [0.1, 0.15) is 28.0 Å². The lowest BCUT2D eigenvalue weighted by Crippen LogP contribution is -2.23. The Hall–Kier alpha value is -2.90. The van der Waals surface area contributed by atoms with E-state index in [0.29, 0.717) is 4.88 Å². The first kappa shape index (κ1) is 19.9. The number of aromatic carboxylic acids is 1. The number of hydrogen-bond donors (Lipinski definition) is 2. The minimum atomic E-state index is -1.45. The first-order chi connectivity index (χ1) is 13.4. The zero-order valence-electron chi connectivity index (χ0n) is 14.9. The molecule has 8 heteroatoms. The fraction of sp³-hybridized carbons (Fsp3) is 0.150. The molecule has 3 aromatic rings. The van der Waals surface area contributed by atoms with Crippen molar-refractivity contribution in [3.8, 4) is 16.5 Å². The van der Waals surface area contributed by atoms with Gasteiger partial charge < -0.3 is 10.2 Å². The van der Waals surface area contributed by atoms with E-state index in [1.54, 1.807) is 0 Å². The molecule has 1 aromatic carbocycles. The molecule has 28 heavy (non-hydrogen) atoms. The summed E-state index contributed by atoms with van der Waals surface area (Å²) in [5.74, 6) is -2.13. The lowest BCUT2D eigenvalue weighted by molar-refractivity contribution is 0.0686. The van der Waals surface area contributed by atoms with Gasteiger partial charge in [0.1, 0.15) is 0 Å². The number of aryl methyl sites for hydroxylation is 1. The third-order valence-electron chi connectivity index (χ3n) is 4.20. The molecule has 0 amide bonds. The zero-order chi connectivity index (χ0) is 20.3. The first-order valence-corrected chi connectivity index (χ1v) is 9.67. The van der Waals surface area contributed by atoms with Crippen LogP contribution in [0.2, 0.25) is 5.02 Å². The molecule has 0 radical (unpaired) electrons. The Balaban J connectivity index is 1.87. The van der Waals surface area contributed by atoms with Gasteiger partial charge in [-0.05, 0) is 41.5 Å². The summed E-state index contributed by atoms with van der Waals surface area (Å²) in [6.07, 6.45) is 5.45. The predicted octanol–water partition coefficient (Wildman–Crippen LogP) is 4.21. The molecular formula is C20H17ClN2O4S. The molecule has 0 saturated carbocycles. The van der Waals surface area contributed by atoms with E-state index >= 15 is 0 Å². The molecule has 2 N–H and O–H groups in total. The Kier molecular flexibility index (Phi) is 5.96. The van der Waals surface area contributed by atoms with Gasteiger partial charge >= 0.3 is 5.97 Å². The molecule has 0 bridgehead atoms. The normalized spacial score (nSPS) is 11.2. The first-order valence-electron chi connectivity index (χ1n) is 8.41. The number of carboxylic acids is 1. The van der Waals surface area contributed by atoms with Crippen molar-refractivity contribution in [2.24, 2.45) is 7.05 Å². The van der Waals surface area contributed by atoms with Gasteiger partial charge in [0.05, 0.1) is 4.88 Å². The second-order valence-electron chi connectivity index (χ2n) is 6.04. The van der Waals surface area contributed by atoms with Crippen LogP contribution in [-0.2, 0) is 13.5 Å². The summed E-state index contributed by atoms with van der Waals surface area (Å²) >= 11 is 7.50. The minimum absolute atomic E-state index is 0.195. The number of rotatable bonds is 6. The molecule has 2 heterocycles. The van der Waals surface area contributed by atoms with Crippen molar-refractivity contribution in [1.82, 2.24) is 9.55 Å². The van der Waals surface area contributed by atoms with Crippen LogP contribution in [0.3, 0.4) is 0 Å². The van der Waals surface area contributed by atoms with Crippen molar-refractivity contribution >= 4 is 35.0 Å². The van der Waals surface area contributed by atoms with E-state index in [1.165, 1.54) is 18.4 Å². The van der Waals surface area contributed by atoms with Crippen LogP contribution < -0.4 is 5.56 Å². The van der Waals surface area contributed by atoms with Gasteiger partial charge in [-0.15, -0.1) is 11.3 Å². The molecule has 2 aromatic heterocycles. The van der Waals surface area contributed by atoms with E-state index in [4.69, 9.17) is 11.6 Å². The van der Waals surface area contributed by atoms with E-state index in [-0.39, 0.29) is 5.82 Å². The summed E-state index contributed by atoms with van der Waals surface area (Å²) < 4.78 is 1.15.